The number of methoxy groups -OCH3 is 1. The van der Waals surface area contributed by atoms with Crippen molar-refractivity contribution in [2.45, 2.75) is 56.6 Å². The molecule has 0 aromatic heterocycles. The van der Waals surface area contributed by atoms with E-state index in [0.717, 1.165) is 18.4 Å². The highest BCUT2D eigenvalue weighted by Crippen LogP contribution is 2.35. The standard InChI is InChI=1S/C16H23Cl2NO/c1-20-16(9-4-2-3-5-10-16)15(19)11-12-13(17)7-6-8-14(12)18/h6-8,15H,2-5,9-11,19H2,1H3. The summed E-state index contributed by atoms with van der Waals surface area (Å²) in [6.07, 6.45) is 7.59. The average molecular weight is 316 g/mol. The normalized spacial score (nSPS) is 20.4. The highest BCUT2D eigenvalue weighted by molar-refractivity contribution is 6.36. The van der Waals surface area contributed by atoms with E-state index in [4.69, 9.17) is 33.7 Å². The van der Waals surface area contributed by atoms with Crippen molar-refractivity contribution in [3.8, 4) is 0 Å². The van der Waals surface area contributed by atoms with Gasteiger partial charge in [-0.1, -0.05) is 55.0 Å². The van der Waals surface area contributed by atoms with Crippen molar-refractivity contribution in [2.75, 3.05) is 7.11 Å². The Balaban J connectivity index is 2.18. The first-order valence-corrected chi connectivity index (χ1v) is 8.08. The second-order valence-corrected chi connectivity index (χ2v) is 6.51. The fourth-order valence-electron chi connectivity index (χ4n) is 3.19. The molecule has 2 nitrogen and oxygen atoms in total. The molecule has 20 heavy (non-hydrogen) atoms. The Bertz CT molecular complexity index is 422. The van der Waals surface area contributed by atoms with Crippen LogP contribution < -0.4 is 5.73 Å². The van der Waals surface area contributed by atoms with Gasteiger partial charge in [0.1, 0.15) is 0 Å². The first-order valence-electron chi connectivity index (χ1n) is 7.33. The Morgan fingerprint density at radius 1 is 1.15 bits per heavy atom. The number of hydrogen-bond donors (Lipinski definition) is 1. The van der Waals surface area contributed by atoms with Gasteiger partial charge in [-0.2, -0.15) is 0 Å². The molecule has 1 aromatic carbocycles. The third-order valence-electron chi connectivity index (χ3n) is 4.52. The Morgan fingerprint density at radius 3 is 2.20 bits per heavy atom. The van der Waals surface area contributed by atoms with Gasteiger partial charge in [0.25, 0.3) is 0 Å². The van der Waals surface area contributed by atoms with Crippen LogP contribution in [-0.2, 0) is 11.2 Å². The van der Waals surface area contributed by atoms with Crippen LogP contribution in [0.4, 0.5) is 0 Å². The van der Waals surface area contributed by atoms with Crippen LogP contribution in [0.5, 0.6) is 0 Å². The molecule has 0 aliphatic heterocycles. The third-order valence-corrected chi connectivity index (χ3v) is 5.23. The van der Waals surface area contributed by atoms with Crippen molar-refractivity contribution in [1.82, 2.24) is 0 Å². The number of benzene rings is 1. The van der Waals surface area contributed by atoms with Gasteiger partial charge in [-0.15, -0.1) is 0 Å². The summed E-state index contributed by atoms with van der Waals surface area (Å²) in [5, 5.41) is 1.38. The maximum Gasteiger partial charge on any atom is 0.0832 e. The SMILES string of the molecule is COC1(C(N)Cc2c(Cl)cccc2Cl)CCCCCC1. The van der Waals surface area contributed by atoms with E-state index in [1.54, 1.807) is 7.11 Å². The van der Waals surface area contributed by atoms with E-state index in [0.29, 0.717) is 16.5 Å². The topological polar surface area (TPSA) is 35.2 Å². The maximum absolute atomic E-state index is 6.49. The van der Waals surface area contributed by atoms with E-state index in [-0.39, 0.29) is 11.6 Å². The molecule has 1 fully saturated rings. The van der Waals surface area contributed by atoms with E-state index < -0.39 is 0 Å². The van der Waals surface area contributed by atoms with Crippen molar-refractivity contribution >= 4 is 23.2 Å². The number of halogens is 2. The van der Waals surface area contributed by atoms with Crippen molar-refractivity contribution in [1.29, 1.82) is 0 Å². The molecule has 0 bridgehead atoms. The number of hydrogen-bond acceptors (Lipinski definition) is 2. The van der Waals surface area contributed by atoms with Gasteiger partial charge >= 0.3 is 0 Å². The molecule has 1 atom stereocenters. The Hall–Kier alpha value is -0.280. The van der Waals surface area contributed by atoms with Crippen LogP contribution in [0.15, 0.2) is 18.2 Å². The van der Waals surface area contributed by atoms with Crippen molar-refractivity contribution < 1.29 is 4.74 Å². The molecule has 2 rings (SSSR count). The summed E-state index contributed by atoms with van der Waals surface area (Å²) in [6, 6.07) is 5.50. The minimum absolute atomic E-state index is 0.0806. The van der Waals surface area contributed by atoms with E-state index in [1.807, 2.05) is 18.2 Å². The first kappa shape index (κ1) is 16.1. The largest absolute Gasteiger partial charge is 0.377 e. The zero-order valence-corrected chi connectivity index (χ0v) is 13.5. The van der Waals surface area contributed by atoms with Crippen LogP contribution in [-0.4, -0.2) is 18.8 Å². The van der Waals surface area contributed by atoms with Gasteiger partial charge in [0.05, 0.1) is 5.60 Å². The van der Waals surface area contributed by atoms with E-state index in [1.165, 1.54) is 25.7 Å². The average Bonchev–Trinajstić information content (AvgIpc) is 2.69. The monoisotopic (exact) mass is 315 g/mol. The third kappa shape index (κ3) is 3.48. The summed E-state index contributed by atoms with van der Waals surface area (Å²) in [5.41, 5.74) is 7.19. The summed E-state index contributed by atoms with van der Waals surface area (Å²) in [6.45, 7) is 0. The molecule has 0 amide bonds. The second-order valence-electron chi connectivity index (χ2n) is 5.69. The highest BCUT2D eigenvalue weighted by atomic mass is 35.5. The van der Waals surface area contributed by atoms with Crippen LogP contribution in [0, 0.1) is 0 Å². The summed E-state index contributed by atoms with van der Waals surface area (Å²) in [4.78, 5) is 0. The number of ether oxygens (including phenoxy) is 1. The van der Waals surface area contributed by atoms with E-state index >= 15 is 0 Å². The lowest BCUT2D eigenvalue weighted by Crippen LogP contribution is -2.50. The van der Waals surface area contributed by atoms with Crippen molar-refractivity contribution in [3.05, 3.63) is 33.8 Å². The summed E-state index contributed by atoms with van der Waals surface area (Å²) >= 11 is 12.5. The minimum atomic E-state index is -0.237. The van der Waals surface area contributed by atoms with Crippen LogP contribution in [0.3, 0.4) is 0 Å². The van der Waals surface area contributed by atoms with Gasteiger partial charge < -0.3 is 10.5 Å². The molecule has 112 valence electrons. The first-order chi connectivity index (χ1) is 9.59. The molecular weight excluding hydrogens is 293 g/mol. The van der Waals surface area contributed by atoms with Gasteiger partial charge in [0, 0.05) is 23.2 Å². The summed E-state index contributed by atoms with van der Waals surface area (Å²) < 4.78 is 5.86. The Kier molecular flexibility index (Phi) is 5.74. The molecular formula is C16H23Cl2NO. The highest BCUT2D eigenvalue weighted by Gasteiger charge is 2.37. The van der Waals surface area contributed by atoms with Crippen LogP contribution in [0.2, 0.25) is 10.0 Å². The molecule has 1 unspecified atom stereocenters. The van der Waals surface area contributed by atoms with Gasteiger partial charge in [-0.3, -0.25) is 0 Å². The van der Waals surface area contributed by atoms with Crippen LogP contribution in [0.25, 0.3) is 0 Å². The zero-order valence-electron chi connectivity index (χ0n) is 12.0. The van der Waals surface area contributed by atoms with Gasteiger partial charge in [-0.25, -0.2) is 0 Å². The predicted molar refractivity (Wildman–Crippen MR) is 85.6 cm³/mol. The lowest BCUT2D eigenvalue weighted by Gasteiger charge is -2.37. The maximum atomic E-state index is 6.49. The van der Waals surface area contributed by atoms with Gasteiger partial charge in [0.2, 0.25) is 0 Å². The van der Waals surface area contributed by atoms with Crippen LogP contribution in [0.1, 0.15) is 44.1 Å². The molecule has 0 radical (unpaired) electrons. The smallest absolute Gasteiger partial charge is 0.0832 e. The predicted octanol–water partition coefficient (Wildman–Crippen LogP) is 4.60. The quantitative estimate of drug-likeness (QED) is 0.824. The Labute approximate surface area is 131 Å². The molecule has 0 saturated heterocycles. The molecule has 0 heterocycles. The number of nitrogens with two attached hydrogens (primary N) is 1. The summed E-state index contributed by atoms with van der Waals surface area (Å²) in [7, 11) is 1.78. The fraction of sp³-hybridized carbons (Fsp3) is 0.625. The van der Waals surface area contributed by atoms with Crippen molar-refractivity contribution in [3.63, 3.8) is 0 Å². The molecule has 1 aliphatic rings. The van der Waals surface area contributed by atoms with Gasteiger partial charge in [0.15, 0.2) is 0 Å². The molecule has 1 saturated carbocycles. The van der Waals surface area contributed by atoms with Crippen LogP contribution >= 0.6 is 23.2 Å². The molecule has 1 aliphatic carbocycles. The van der Waals surface area contributed by atoms with Crippen molar-refractivity contribution in [2.24, 2.45) is 5.73 Å². The number of rotatable bonds is 4. The van der Waals surface area contributed by atoms with Gasteiger partial charge in [-0.05, 0) is 37.0 Å². The molecule has 0 spiro atoms. The van der Waals surface area contributed by atoms with E-state index in [9.17, 15) is 0 Å². The molecule has 1 aromatic rings. The lowest BCUT2D eigenvalue weighted by atomic mass is 9.83. The lowest BCUT2D eigenvalue weighted by molar-refractivity contribution is -0.0430. The Morgan fingerprint density at radius 2 is 1.70 bits per heavy atom. The second kappa shape index (κ2) is 7.13. The molecule has 2 N–H and O–H groups in total. The minimum Gasteiger partial charge on any atom is -0.377 e. The van der Waals surface area contributed by atoms with E-state index in [2.05, 4.69) is 0 Å². The zero-order chi connectivity index (χ0) is 14.6. The fourth-order valence-corrected chi connectivity index (χ4v) is 3.74. The summed E-state index contributed by atoms with van der Waals surface area (Å²) in [5.74, 6) is 0. The molecule has 4 heteroatoms.